The smallest absolute Gasteiger partial charge is 0.244 e. The van der Waals surface area contributed by atoms with Crippen LogP contribution in [-0.4, -0.2) is 39.2 Å². The number of aromatic nitrogens is 3. The third-order valence-corrected chi connectivity index (χ3v) is 5.09. The first-order valence-electron chi connectivity index (χ1n) is 9.49. The van der Waals surface area contributed by atoms with Crippen molar-refractivity contribution in [2.24, 2.45) is 0 Å². The van der Waals surface area contributed by atoms with Crippen molar-refractivity contribution in [3.63, 3.8) is 0 Å². The number of amides is 1. The van der Waals surface area contributed by atoms with Crippen molar-refractivity contribution in [1.82, 2.24) is 19.7 Å². The standard InChI is InChI=1S/C21H23FN4O3/c1-13-8-15(4-5-17(13)22)19-9-16(12-28-3)26(24-19)11-21(27)25-7-6-18-20(10-25)29-14(2)23-18/h4-5,8-9H,6-7,10-12H2,1-3H3. The van der Waals surface area contributed by atoms with Crippen molar-refractivity contribution in [3.8, 4) is 11.3 Å². The molecule has 29 heavy (non-hydrogen) atoms. The molecule has 2 aromatic heterocycles. The van der Waals surface area contributed by atoms with Gasteiger partial charge >= 0.3 is 0 Å². The van der Waals surface area contributed by atoms with Crippen LogP contribution in [-0.2, 0) is 35.6 Å². The van der Waals surface area contributed by atoms with Crippen LogP contribution >= 0.6 is 0 Å². The van der Waals surface area contributed by atoms with Gasteiger partial charge in [0, 0.05) is 32.6 Å². The molecule has 8 heteroatoms. The summed E-state index contributed by atoms with van der Waals surface area (Å²) < 4.78 is 26.1. The Morgan fingerprint density at radius 1 is 1.31 bits per heavy atom. The van der Waals surface area contributed by atoms with Crippen molar-refractivity contribution in [3.05, 3.63) is 58.7 Å². The lowest BCUT2D eigenvalue weighted by molar-refractivity contribution is -0.133. The highest BCUT2D eigenvalue weighted by molar-refractivity contribution is 5.76. The Bertz CT molecular complexity index is 1060. The van der Waals surface area contributed by atoms with Gasteiger partial charge in [0.05, 0.1) is 30.2 Å². The fourth-order valence-corrected chi connectivity index (χ4v) is 3.57. The van der Waals surface area contributed by atoms with E-state index in [0.29, 0.717) is 43.3 Å². The Morgan fingerprint density at radius 2 is 2.14 bits per heavy atom. The van der Waals surface area contributed by atoms with Crippen LogP contribution in [0.1, 0.15) is 28.6 Å². The van der Waals surface area contributed by atoms with Gasteiger partial charge in [-0.15, -0.1) is 0 Å². The predicted octanol–water partition coefficient (Wildman–Crippen LogP) is 3.03. The first kappa shape index (κ1) is 19.3. The fraction of sp³-hybridized carbons (Fsp3) is 0.381. The lowest BCUT2D eigenvalue weighted by Gasteiger charge is -2.25. The van der Waals surface area contributed by atoms with E-state index in [2.05, 4.69) is 10.1 Å². The van der Waals surface area contributed by atoms with Gasteiger partial charge in [0.25, 0.3) is 0 Å². The maximum Gasteiger partial charge on any atom is 0.244 e. The minimum atomic E-state index is -0.257. The van der Waals surface area contributed by atoms with Crippen LogP contribution in [0.2, 0.25) is 0 Å². The van der Waals surface area contributed by atoms with Crippen LogP contribution in [0.25, 0.3) is 11.3 Å². The van der Waals surface area contributed by atoms with Crippen LogP contribution in [0.15, 0.2) is 28.7 Å². The highest BCUT2D eigenvalue weighted by Crippen LogP contribution is 2.23. The van der Waals surface area contributed by atoms with Gasteiger partial charge in [0.15, 0.2) is 5.89 Å². The number of carbonyl (C=O) groups excluding carboxylic acids is 1. The third-order valence-electron chi connectivity index (χ3n) is 5.09. The van der Waals surface area contributed by atoms with E-state index in [1.165, 1.54) is 6.07 Å². The van der Waals surface area contributed by atoms with E-state index in [9.17, 15) is 9.18 Å². The van der Waals surface area contributed by atoms with Gasteiger partial charge < -0.3 is 14.1 Å². The van der Waals surface area contributed by atoms with E-state index < -0.39 is 0 Å². The van der Waals surface area contributed by atoms with Gasteiger partial charge in [-0.3, -0.25) is 9.48 Å². The van der Waals surface area contributed by atoms with Crippen molar-refractivity contribution < 1.29 is 18.3 Å². The minimum Gasteiger partial charge on any atom is -0.444 e. The van der Waals surface area contributed by atoms with Crippen LogP contribution in [0.3, 0.4) is 0 Å². The molecule has 1 aliphatic heterocycles. The monoisotopic (exact) mass is 398 g/mol. The number of nitrogens with zero attached hydrogens (tertiary/aromatic N) is 4. The molecule has 1 amide bonds. The second-order valence-corrected chi connectivity index (χ2v) is 7.24. The summed E-state index contributed by atoms with van der Waals surface area (Å²) in [6.07, 6.45) is 0.683. The Morgan fingerprint density at radius 3 is 2.90 bits per heavy atom. The van der Waals surface area contributed by atoms with Crippen molar-refractivity contribution in [2.75, 3.05) is 13.7 Å². The summed E-state index contributed by atoms with van der Waals surface area (Å²) in [5.74, 6) is 1.07. The first-order chi connectivity index (χ1) is 13.9. The van der Waals surface area contributed by atoms with E-state index in [4.69, 9.17) is 9.15 Å². The molecule has 1 aromatic carbocycles. The van der Waals surface area contributed by atoms with Gasteiger partial charge in [-0.1, -0.05) is 0 Å². The molecule has 3 heterocycles. The molecule has 0 saturated carbocycles. The number of hydrogen-bond donors (Lipinski definition) is 0. The lowest BCUT2D eigenvalue weighted by Crippen LogP contribution is -2.38. The van der Waals surface area contributed by atoms with Crippen LogP contribution < -0.4 is 0 Å². The van der Waals surface area contributed by atoms with Gasteiger partial charge in [-0.2, -0.15) is 5.10 Å². The molecular formula is C21H23FN4O3. The zero-order valence-corrected chi connectivity index (χ0v) is 16.7. The highest BCUT2D eigenvalue weighted by Gasteiger charge is 2.25. The topological polar surface area (TPSA) is 73.4 Å². The molecule has 152 valence electrons. The molecule has 3 aromatic rings. The van der Waals surface area contributed by atoms with Crippen LogP contribution in [0.5, 0.6) is 0 Å². The van der Waals surface area contributed by atoms with Crippen molar-refractivity contribution in [2.45, 2.75) is 40.0 Å². The molecule has 7 nitrogen and oxygen atoms in total. The van der Waals surface area contributed by atoms with Gasteiger partial charge in [-0.05, 0) is 36.8 Å². The van der Waals surface area contributed by atoms with Gasteiger partial charge in [0.1, 0.15) is 18.1 Å². The molecule has 0 radical (unpaired) electrons. The van der Waals surface area contributed by atoms with Crippen molar-refractivity contribution in [1.29, 1.82) is 0 Å². The largest absolute Gasteiger partial charge is 0.444 e. The molecule has 4 rings (SSSR count). The average molecular weight is 398 g/mol. The molecule has 0 saturated heterocycles. The number of ether oxygens (including phenoxy) is 1. The SMILES string of the molecule is COCc1cc(-c2ccc(F)c(C)c2)nn1CC(=O)N1CCc2nc(C)oc2C1. The first-order valence-corrected chi connectivity index (χ1v) is 9.49. The number of oxazole rings is 1. The van der Waals surface area contributed by atoms with E-state index in [1.807, 2.05) is 13.0 Å². The molecule has 0 aliphatic carbocycles. The molecule has 0 spiro atoms. The summed E-state index contributed by atoms with van der Waals surface area (Å²) in [7, 11) is 1.60. The Labute approximate surface area is 168 Å². The number of methoxy groups -OCH3 is 1. The maximum absolute atomic E-state index is 13.6. The molecule has 0 bridgehead atoms. The molecule has 0 fully saturated rings. The normalized spacial score (nSPS) is 13.6. The number of hydrogen-bond acceptors (Lipinski definition) is 5. The number of aryl methyl sites for hydroxylation is 2. The number of benzene rings is 1. The summed E-state index contributed by atoms with van der Waals surface area (Å²) in [5.41, 5.74) is 3.74. The number of carbonyl (C=O) groups is 1. The maximum atomic E-state index is 13.6. The summed E-state index contributed by atoms with van der Waals surface area (Å²) in [6.45, 7) is 4.96. The summed E-state index contributed by atoms with van der Waals surface area (Å²) in [4.78, 5) is 19.0. The Kier molecular flexibility index (Phi) is 5.19. The fourth-order valence-electron chi connectivity index (χ4n) is 3.57. The van der Waals surface area contributed by atoms with Gasteiger partial charge in [-0.25, -0.2) is 9.37 Å². The van der Waals surface area contributed by atoms with Crippen LogP contribution in [0, 0.1) is 19.7 Å². The quantitative estimate of drug-likeness (QED) is 0.661. The molecule has 0 unspecified atom stereocenters. The molecule has 0 N–H and O–H groups in total. The lowest BCUT2D eigenvalue weighted by atomic mass is 10.1. The van der Waals surface area contributed by atoms with Gasteiger partial charge in [0.2, 0.25) is 5.91 Å². The predicted molar refractivity (Wildman–Crippen MR) is 103 cm³/mol. The zero-order valence-electron chi connectivity index (χ0n) is 16.7. The summed E-state index contributed by atoms with van der Waals surface area (Å²) >= 11 is 0. The van der Waals surface area contributed by atoms with Crippen molar-refractivity contribution >= 4 is 5.91 Å². The zero-order chi connectivity index (χ0) is 20.5. The summed E-state index contributed by atoms with van der Waals surface area (Å²) in [6, 6.07) is 6.73. The van der Waals surface area contributed by atoms with E-state index >= 15 is 0 Å². The second-order valence-electron chi connectivity index (χ2n) is 7.24. The van der Waals surface area contributed by atoms with Crippen LogP contribution in [0.4, 0.5) is 4.39 Å². The molecule has 1 aliphatic rings. The van der Waals surface area contributed by atoms with E-state index in [-0.39, 0.29) is 18.3 Å². The number of rotatable bonds is 5. The number of halogens is 1. The molecular weight excluding hydrogens is 375 g/mol. The average Bonchev–Trinajstić information content (AvgIpc) is 3.26. The Balaban J connectivity index is 1.55. The summed E-state index contributed by atoms with van der Waals surface area (Å²) in [5, 5.41) is 4.58. The third kappa shape index (κ3) is 3.93. The Hall–Kier alpha value is -3.00. The minimum absolute atomic E-state index is 0.0491. The van der Waals surface area contributed by atoms with E-state index in [1.54, 1.807) is 35.7 Å². The molecule has 0 atom stereocenters. The second kappa shape index (κ2) is 7.79. The van der Waals surface area contributed by atoms with E-state index in [0.717, 1.165) is 22.7 Å². The highest BCUT2D eigenvalue weighted by atomic mass is 19.1. The number of fused-ring (bicyclic) bond motifs is 1.